The molecule has 0 aliphatic rings. The molecule has 0 radical (unpaired) electrons. The van der Waals surface area contributed by atoms with Crippen LogP contribution < -0.4 is 10.0 Å². The van der Waals surface area contributed by atoms with Crippen LogP contribution >= 0.6 is 0 Å². The topological polar surface area (TPSA) is 75.3 Å². The normalized spacial score (nSPS) is 12.3. The maximum atomic E-state index is 12.8. The minimum absolute atomic E-state index is 0.0897. The first kappa shape index (κ1) is 22.6. The van der Waals surface area contributed by atoms with Gasteiger partial charge in [0.15, 0.2) is 0 Å². The Kier molecular flexibility index (Phi) is 6.81. The zero-order valence-corrected chi connectivity index (χ0v) is 19.1. The van der Waals surface area contributed by atoms with Gasteiger partial charge in [0.05, 0.1) is 16.6 Å². The summed E-state index contributed by atoms with van der Waals surface area (Å²) in [5, 5.41) is 3.07. The Bertz CT molecular complexity index is 1170. The van der Waals surface area contributed by atoms with E-state index in [1.54, 1.807) is 49.4 Å². The third-order valence-corrected chi connectivity index (χ3v) is 6.64. The molecule has 1 amide bonds. The van der Waals surface area contributed by atoms with Crippen LogP contribution in [0.5, 0.6) is 0 Å². The van der Waals surface area contributed by atoms with Gasteiger partial charge >= 0.3 is 0 Å². The van der Waals surface area contributed by atoms with Gasteiger partial charge < -0.3 is 5.32 Å². The van der Waals surface area contributed by atoms with Crippen molar-refractivity contribution in [3.63, 3.8) is 0 Å². The zero-order chi connectivity index (χ0) is 22.6. The molecule has 3 rings (SSSR count). The number of carbonyl (C=O) groups is 1. The summed E-state index contributed by atoms with van der Waals surface area (Å²) >= 11 is 0. The molecule has 3 aromatic carbocycles. The van der Waals surface area contributed by atoms with Crippen LogP contribution in [0.4, 0.5) is 5.69 Å². The zero-order valence-electron chi connectivity index (χ0n) is 18.3. The third-order valence-electron chi connectivity index (χ3n) is 5.26. The van der Waals surface area contributed by atoms with E-state index in [-0.39, 0.29) is 16.8 Å². The number of amides is 1. The average molecular weight is 437 g/mol. The molecule has 2 N–H and O–H groups in total. The molecule has 162 valence electrons. The van der Waals surface area contributed by atoms with Gasteiger partial charge in [-0.3, -0.25) is 9.52 Å². The SMILES string of the molecule is CC[C@H](NC(=O)c1ccc(NS(=O)(=O)c2ccc(C)cc2)c(C)c1)c1ccc(C)cc1. The van der Waals surface area contributed by atoms with Crippen molar-refractivity contribution in [3.8, 4) is 0 Å². The van der Waals surface area contributed by atoms with Gasteiger partial charge in [-0.1, -0.05) is 54.4 Å². The Hall–Kier alpha value is -3.12. The summed E-state index contributed by atoms with van der Waals surface area (Å²) in [5.74, 6) is -0.191. The predicted molar refractivity (Wildman–Crippen MR) is 125 cm³/mol. The van der Waals surface area contributed by atoms with Gasteiger partial charge in [0.2, 0.25) is 0 Å². The fraction of sp³-hybridized carbons (Fsp3) is 0.240. The summed E-state index contributed by atoms with van der Waals surface area (Å²) in [5.41, 5.74) is 4.82. The quantitative estimate of drug-likeness (QED) is 0.528. The number of sulfonamides is 1. The van der Waals surface area contributed by atoms with E-state index in [1.807, 2.05) is 45.0 Å². The molecule has 0 fully saturated rings. The van der Waals surface area contributed by atoms with E-state index in [2.05, 4.69) is 10.0 Å². The number of anilines is 1. The molecule has 5 nitrogen and oxygen atoms in total. The highest BCUT2D eigenvalue weighted by Crippen LogP contribution is 2.23. The second-order valence-corrected chi connectivity index (χ2v) is 9.48. The van der Waals surface area contributed by atoms with E-state index in [0.717, 1.165) is 17.5 Å². The third kappa shape index (κ3) is 5.52. The van der Waals surface area contributed by atoms with Crippen molar-refractivity contribution in [1.29, 1.82) is 0 Å². The van der Waals surface area contributed by atoms with E-state index < -0.39 is 10.0 Å². The number of hydrogen-bond acceptors (Lipinski definition) is 3. The van der Waals surface area contributed by atoms with Crippen LogP contribution in [0.3, 0.4) is 0 Å². The minimum Gasteiger partial charge on any atom is -0.345 e. The molecule has 0 heterocycles. The van der Waals surface area contributed by atoms with Crippen LogP contribution in [0.2, 0.25) is 0 Å². The Morgan fingerprint density at radius 1 is 0.871 bits per heavy atom. The van der Waals surface area contributed by atoms with E-state index in [1.165, 1.54) is 5.56 Å². The Balaban J connectivity index is 1.75. The number of hydrogen-bond donors (Lipinski definition) is 2. The highest BCUT2D eigenvalue weighted by molar-refractivity contribution is 7.92. The van der Waals surface area contributed by atoms with Crippen molar-refractivity contribution in [2.24, 2.45) is 0 Å². The molecule has 0 saturated carbocycles. The molecule has 0 unspecified atom stereocenters. The average Bonchev–Trinajstić information content (AvgIpc) is 2.74. The number of aryl methyl sites for hydroxylation is 3. The van der Waals surface area contributed by atoms with Crippen LogP contribution in [-0.2, 0) is 10.0 Å². The lowest BCUT2D eigenvalue weighted by atomic mass is 10.0. The van der Waals surface area contributed by atoms with Crippen molar-refractivity contribution in [2.45, 2.75) is 45.1 Å². The summed E-state index contributed by atoms with van der Waals surface area (Å²) in [6, 6.07) is 19.6. The first-order valence-corrected chi connectivity index (χ1v) is 11.8. The molecule has 0 saturated heterocycles. The molecular weight excluding hydrogens is 408 g/mol. The lowest BCUT2D eigenvalue weighted by Crippen LogP contribution is -2.28. The molecule has 31 heavy (non-hydrogen) atoms. The van der Waals surface area contributed by atoms with Crippen LogP contribution in [-0.4, -0.2) is 14.3 Å². The Labute approximate surface area is 184 Å². The molecule has 3 aromatic rings. The van der Waals surface area contributed by atoms with Crippen LogP contribution in [0.1, 0.15) is 52.0 Å². The number of nitrogens with one attached hydrogen (secondary N) is 2. The fourth-order valence-electron chi connectivity index (χ4n) is 3.30. The summed E-state index contributed by atoms with van der Waals surface area (Å²) < 4.78 is 27.9. The van der Waals surface area contributed by atoms with E-state index >= 15 is 0 Å². The largest absolute Gasteiger partial charge is 0.345 e. The standard InChI is InChI=1S/C25H28N2O3S/c1-5-23(20-10-6-17(2)7-11-20)26-25(28)21-12-15-24(19(4)16-21)27-31(29,30)22-13-8-18(3)9-14-22/h6-16,23,27H,5H2,1-4H3,(H,26,28)/t23-/m0/s1. The minimum atomic E-state index is -3.70. The van der Waals surface area contributed by atoms with Gasteiger partial charge in [-0.2, -0.15) is 0 Å². The molecule has 0 spiro atoms. The highest BCUT2D eigenvalue weighted by Gasteiger charge is 2.18. The van der Waals surface area contributed by atoms with Gasteiger partial charge in [0, 0.05) is 5.56 Å². The summed E-state index contributed by atoms with van der Waals surface area (Å²) in [6.07, 6.45) is 0.766. The van der Waals surface area contributed by atoms with E-state index in [9.17, 15) is 13.2 Å². The fourth-order valence-corrected chi connectivity index (χ4v) is 4.43. The smallest absolute Gasteiger partial charge is 0.261 e. The van der Waals surface area contributed by atoms with Crippen molar-refractivity contribution in [2.75, 3.05) is 4.72 Å². The van der Waals surface area contributed by atoms with Crippen molar-refractivity contribution < 1.29 is 13.2 Å². The molecule has 1 atom stereocenters. The molecule has 0 aromatic heterocycles. The molecule has 0 aliphatic heterocycles. The Morgan fingerprint density at radius 2 is 1.45 bits per heavy atom. The van der Waals surface area contributed by atoms with Crippen molar-refractivity contribution >= 4 is 21.6 Å². The molecule has 6 heteroatoms. The van der Waals surface area contributed by atoms with Gasteiger partial charge in [-0.25, -0.2) is 8.42 Å². The second-order valence-electron chi connectivity index (χ2n) is 7.79. The van der Waals surface area contributed by atoms with E-state index in [0.29, 0.717) is 16.8 Å². The maximum absolute atomic E-state index is 12.8. The van der Waals surface area contributed by atoms with Gasteiger partial charge in [-0.05, 0) is 68.7 Å². The van der Waals surface area contributed by atoms with E-state index in [4.69, 9.17) is 0 Å². The van der Waals surface area contributed by atoms with Crippen LogP contribution in [0.15, 0.2) is 71.6 Å². The van der Waals surface area contributed by atoms with Gasteiger partial charge in [0.1, 0.15) is 0 Å². The summed E-state index contributed by atoms with van der Waals surface area (Å²) in [4.78, 5) is 13.0. The number of rotatable bonds is 7. The van der Waals surface area contributed by atoms with Crippen molar-refractivity contribution in [1.82, 2.24) is 5.32 Å². The maximum Gasteiger partial charge on any atom is 0.261 e. The second kappa shape index (κ2) is 9.35. The van der Waals surface area contributed by atoms with Crippen LogP contribution in [0.25, 0.3) is 0 Å². The Morgan fingerprint density at radius 3 is 2.00 bits per heavy atom. The molecular formula is C25H28N2O3S. The van der Waals surface area contributed by atoms with Crippen LogP contribution in [0, 0.1) is 20.8 Å². The molecule has 0 bridgehead atoms. The van der Waals surface area contributed by atoms with Gasteiger partial charge in [-0.15, -0.1) is 0 Å². The number of benzene rings is 3. The monoisotopic (exact) mass is 436 g/mol. The first-order valence-electron chi connectivity index (χ1n) is 10.3. The summed E-state index contributed by atoms with van der Waals surface area (Å²) in [6.45, 7) is 7.74. The number of carbonyl (C=O) groups excluding carboxylic acids is 1. The predicted octanol–water partition coefficient (Wildman–Crippen LogP) is 5.29. The lowest BCUT2D eigenvalue weighted by molar-refractivity contribution is 0.0935. The van der Waals surface area contributed by atoms with Crippen molar-refractivity contribution in [3.05, 3.63) is 94.5 Å². The summed E-state index contributed by atoms with van der Waals surface area (Å²) in [7, 11) is -3.70. The first-order chi connectivity index (χ1) is 14.7. The molecule has 0 aliphatic carbocycles. The lowest BCUT2D eigenvalue weighted by Gasteiger charge is -2.18. The van der Waals surface area contributed by atoms with Gasteiger partial charge in [0.25, 0.3) is 15.9 Å². The highest BCUT2D eigenvalue weighted by atomic mass is 32.2.